The van der Waals surface area contributed by atoms with Crippen LogP contribution in [0.4, 0.5) is 13.2 Å². The molecule has 1 fully saturated rings. The highest BCUT2D eigenvalue weighted by Gasteiger charge is 2.31. The molecule has 1 aliphatic rings. The molecule has 2 aromatic rings. The number of hydrogen-bond acceptors (Lipinski definition) is 4. The Morgan fingerprint density at radius 1 is 1.18 bits per heavy atom. The smallest absolute Gasteiger partial charge is 0.361 e. The Morgan fingerprint density at radius 3 is 2.44 bits per heavy atom. The van der Waals surface area contributed by atoms with Gasteiger partial charge in [0.15, 0.2) is 0 Å². The van der Waals surface area contributed by atoms with E-state index in [2.05, 4.69) is 24.6 Å². The zero-order chi connectivity index (χ0) is 25.1. The van der Waals surface area contributed by atoms with E-state index in [1.165, 1.54) is 16.6 Å². The van der Waals surface area contributed by atoms with Crippen LogP contribution in [-0.4, -0.2) is 56.3 Å². The molecular formula is C23H34F3N3O3SSi. The van der Waals surface area contributed by atoms with Crippen LogP contribution in [0.3, 0.4) is 0 Å². The average Bonchev–Trinajstić information content (AvgIpc) is 3.12. The van der Waals surface area contributed by atoms with Crippen molar-refractivity contribution >= 4 is 18.1 Å². The van der Waals surface area contributed by atoms with Crippen molar-refractivity contribution in [2.45, 2.75) is 57.9 Å². The van der Waals surface area contributed by atoms with Crippen LogP contribution in [0.1, 0.15) is 24.2 Å². The molecule has 0 bridgehead atoms. The number of ether oxygens (including phenoxy) is 1. The van der Waals surface area contributed by atoms with Gasteiger partial charge in [0.25, 0.3) is 0 Å². The van der Waals surface area contributed by atoms with Crippen LogP contribution in [0, 0.1) is 5.92 Å². The second-order valence-electron chi connectivity index (χ2n) is 10.2. The highest BCUT2D eigenvalue weighted by Crippen LogP contribution is 2.32. The number of benzene rings is 1. The van der Waals surface area contributed by atoms with Crippen LogP contribution in [-0.2, 0) is 34.1 Å². The van der Waals surface area contributed by atoms with Gasteiger partial charge in [0, 0.05) is 46.0 Å². The lowest BCUT2D eigenvalue weighted by molar-refractivity contribution is -0.137. The van der Waals surface area contributed by atoms with E-state index in [-0.39, 0.29) is 12.6 Å². The van der Waals surface area contributed by atoms with Crippen LogP contribution in [0.2, 0.25) is 25.7 Å². The van der Waals surface area contributed by atoms with Crippen molar-refractivity contribution in [2.24, 2.45) is 5.92 Å². The summed E-state index contributed by atoms with van der Waals surface area (Å²) in [5.74, 6) is 0.994. The third-order valence-corrected chi connectivity index (χ3v) is 9.09. The molecule has 6 nitrogen and oxygen atoms in total. The van der Waals surface area contributed by atoms with Crippen molar-refractivity contribution in [3.8, 4) is 11.3 Å². The summed E-state index contributed by atoms with van der Waals surface area (Å²) >= 11 is 0. The molecule has 0 unspecified atom stereocenters. The normalized spacial score (nSPS) is 16.8. The Hall–Kier alpha value is -1.69. The maximum atomic E-state index is 13.2. The van der Waals surface area contributed by atoms with Gasteiger partial charge in [-0.25, -0.2) is 17.7 Å². The minimum atomic E-state index is -4.42. The fraction of sp³-hybridized carbons (Fsp3) is 0.609. The number of alkyl halides is 3. The van der Waals surface area contributed by atoms with Crippen molar-refractivity contribution < 1.29 is 26.3 Å². The molecule has 34 heavy (non-hydrogen) atoms. The fourth-order valence-corrected chi connectivity index (χ4v) is 5.60. The zero-order valence-corrected chi connectivity index (χ0v) is 22.0. The zero-order valence-electron chi connectivity index (χ0n) is 20.2. The van der Waals surface area contributed by atoms with E-state index in [4.69, 9.17) is 4.74 Å². The molecule has 3 rings (SSSR count). The Bertz CT molecular complexity index is 1070. The number of imidazole rings is 1. The Morgan fingerprint density at radius 2 is 1.85 bits per heavy atom. The maximum Gasteiger partial charge on any atom is 0.416 e. The molecule has 1 aromatic heterocycles. The first-order valence-electron chi connectivity index (χ1n) is 11.5. The van der Waals surface area contributed by atoms with Crippen molar-refractivity contribution in [3.63, 3.8) is 0 Å². The lowest BCUT2D eigenvalue weighted by atomic mass is 9.94. The standard InChI is InChI=1S/C23H34F3N3O3SSi/c1-33(30,31)29-10-8-18(9-11-29)14-22-27-21(16-28(22)17-32-12-13-34(2,3)4)19-6-5-7-20(15-19)23(24,25)26/h5-7,15-16,18H,8-14,17H2,1-4H3. The summed E-state index contributed by atoms with van der Waals surface area (Å²) in [5, 5.41) is 0. The van der Waals surface area contributed by atoms with E-state index in [1.807, 2.05) is 4.57 Å². The number of piperidine rings is 1. The number of rotatable bonds is 9. The summed E-state index contributed by atoms with van der Waals surface area (Å²) in [6, 6.07) is 6.20. The van der Waals surface area contributed by atoms with Gasteiger partial charge in [-0.1, -0.05) is 31.8 Å². The Labute approximate surface area is 201 Å². The SMILES string of the molecule is C[Si](C)(C)CCOCn1cc(-c2cccc(C(F)(F)F)c2)nc1CC1CCN(S(C)(=O)=O)CC1. The number of aromatic nitrogens is 2. The average molecular weight is 518 g/mol. The molecule has 190 valence electrons. The van der Waals surface area contributed by atoms with Crippen molar-refractivity contribution in [1.82, 2.24) is 13.9 Å². The van der Waals surface area contributed by atoms with Crippen LogP contribution in [0.25, 0.3) is 11.3 Å². The summed E-state index contributed by atoms with van der Waals surface area (Å²) in [5.41, 5.74) is 0.174. The molecule has 0 atom stereocenters. The first-order chi connectivity index (χ1) is 15.7. The van der Waals surface area contributed by atoms with Gasteiger partial charge >= 0.3 is 6.18 Å². The van der Waals surface area contributed by atoms with E-state index in [0.29, 0.717) is 37.4 Å². The van der Waals surface area contributed by atoms with Crippen molar-refractivity contribution in [2.75, 3.05) is 26.0 Å². The molecule has 0 N–H and O–H groups in total. The van der Waals surface area contributed by atoms with Gasteiger partial charge < -0.3 is 9.30 Å². The summed E-state index contributed by atoms with van der Waals surface area (Å²) in [4.78, 5) is 4.69. The van der Waals surface area contributed by atoms with Crippen molar-refractivity contribution in [3.05, 3.63) is 41.9 Å². The van der Waals surface area contributed by atoms with E-state index >= 15 is 0 Å². The molecule has 0 radical (unpaired) electrons. The molecule has 1 aromatic carbocycles. The van der Waals surface area contributed by atoms with Gasteiger partial charge in [-0.05, 0) is 36.9 Å². The van der Waals surface area contributed by atoms with Crippen LogP contribution in [0.5, 0.6) is 0 Å². The lowest BCUT2D eigenvalue weighted by Gasteiger charge is -2.30. The molecule has 2 heterocycles. The van der Waals surface area contributed by atoms with Crippen molar-refractivity contribution in [1.29, 1.82) is 0 Å². The van der Waals surface area contributed by atoms with E-state index in [0.717, 1.165) is 36.8 Å². The highest BCUT2D eigenvalue weighted by molar-refractivity contribution is 7.88. The predicted molar refractivity (Wildman–Crippen MR) is 130 cm³/mol. The second kappa shape index (κ2) is 10.5. The quantitative estimate of drug-likeness (QED) is 0.343. The minimum absolute atomic E-state index is 0.246. The Kier molecular flexibility index (Phi) is 8.32. The van der Waals surface area contributed by atoms with Crippen LogP contribution >= 0.6 is 0 Å². The topological polar surface area (TPSA) is 64.4 Å². The van der Waals surface area contributed by atoms with E-state index in [1.54, 1.807) is 12.3 Å². The predicted octanol–water partition coefficient (Wildman–Crippen LogP) is 5.10. The van der Waals surface area contributed by atoms with Gasteiger partial charge in [-0.2, -0.15) is 13.2 Å². The summed E-state index contributed by atoms with van der Waals surface area (Å²) in [6.45, 7) is 8.66. The Balaban J connectivity index is 1.79. The fourth-order valence-electron chi connectivity index (χ4n) is 3.97. The molecule has 0 amide bonds. The minimum Gasteiger partial charge on any atom is -0.361 e. The molecule has 11 heteroatoms. The molecule has 1 saturated heterocycles. The molecule has 0 saturated carbocycles. The van der Waals surface area contributed by atoms with Gasteiger partial charge in [-0.3, -0.25) is 0 Å². The van der Waals surface area contributed by atoms with E-state index in [9.17, 15) is 21.6 Å². The number of hydrogen-bond donors (Lipinski definition) is 0. The molecular weight excluding hydrogens is 483 g/mol. The first kappa shape index (κ1) is 26.9. The van der Waals surface area contributed by atoms with Crippen LogP contribution in [0.15, 0.2) is 30.5 Å². The lowest BCUT2D eigenvalue weighted by Crippen LogP contribution is -2.38. The largest absolute Gasteiger partial charge is 0.416 e. The van der Waals surface area contributed by atoms with Gasteiger partial charge in [0.2, 0.25) is 10.0 Å². The third-order valence-electron chi connectivity index (χ3n) is 6.09. The highest BCUT2D eigenvalue weighted by atomic mass is 32.2. The monoisotopic (exact) mass is 517 g/mol. The summed E-state index contributed by atoms with van der Waals surface area (Å²) < 4.78 is 72.5. The second-order valence-corrected chi connectivity index (χ2v) is 17.9. The van der Waals surface area contributed by atoms with E-state index < -0.39 is 29.8 Å². The van der Waals surface area contributed by atoms with Gasteiger partial charge in [-0.15, -0.1) is 0 Å². The maximum absolute atomic E-state index is 13.2. The van der Waals surface area contributed by atoms with Gasteiger partial charge in [0.1, 0.15) is 12.6 Å². The first-order valence-corrected chi connectivity index (χ1v) is 17.0. The molecule has 1 aliphatic heterocycles. The van der Waals surface area contributed by atoms with Crippen LogP contribution < -0.4 is 0 Å². The molecule has 0 aliphatic carbocycles. The number of sulfonamides is 1. The summed E-state index contributed by atoms with van der Waals surface area (Å²) in [6.07, 6.45) is 0.609. The third kappa shape index (κ3) is 7.66. The van der Waals surface area contributed by atoms with Gasteiger partial charge in [0.05, 0.1) is 17.5 Å². The summed E-state index contributed by atoms with van der Waals surface area (Å²) in [7, 11) is -4.45. The number of nitrogens with zero attached hydrogens (tertiary/aromatic N) is 3. The molecule has 0 spiro atoms. The number of halogens is 3.